The Morgan fingerprint density at radius 1 is 1.22 bits per heavy atom. The highest BCUT2D eigenvalue weighted by Crippen LogP contribution is 2.27. The number of carboxylic acid groups (broad SMARTS) is 1. The van der Waals surface area contributed by atoms with E-state index >= 15 is 0 Å². The van der Waals surface area contributed by atoms with E-state index in [2.05, 4.69) is 5.32 Å². The fourth-order valence-corrected chi connectivity index (χ4v) is 2.17. The van der Waals surface area contributed by atoms with Gasteiger partial charge in [0, 0.05) is 11.3 Å². The van der Waals surface area contributed by atoms with Gasteiger partial charge in [-0.2, -0.15) is 0 Å². The van der Waals surface area contributed by atoms with Crippen molar-refractivity contribution in [1.82, 2.24) is 0 Å². The summed E-state index contributed by atoms with van der Waals surface area (Å²) in [5.41, 5.74) is 1.96. The summed E-state index contributed by atoms with van der Waals surface area (Å²) in [6, 6.07) is 11.0. The maximum atomic E-state index is 14.2. The van der Waals surface area contributed by atoms with E-state index in [-0.39, 0.29) is 11.8 Å². The van der Waals surface area contributed by atoms with Gasteiger partial charge in [0.25, 0.3) is 0 Å². The number of halogens is 2. The third-order valence-electron chi connectivity index (χ3n) is 3.46. The predicted molar refractivity (Wildman–Crippen MR) is 87.2 cm³/mol. The van der Waals surface area contributed by atoms with E-state index in [9.17, 15) is 14.0 Å². The van der Waals surface area contributed by atoms with Crippen molar-refractivity contribution in [2.24, 2.45) is 0 Å². The van der Waals surface area contributed by atoms with Gasteiger partial charge in [0.1, 0.15) is 11.7 Å². The first-order valence-corrected chi connectivity index (χ1v) is 7.44. The lowest BCUT2D eigenvalue weighted by Gasteiger charge is -2.10. The molecule has 4 nitrogen and oxygen atoms in total. The number of hydrogen-bond donors (Lipinski definition) is 2. The normalized spacial score (nSPS) is 11.8. The summed E-state index contributed by atoms with van der Waals surface area (Å²) >= 11 is 5.41. The van der Waals surface area contributed by atoms with Crippen molar-refractivity contribution in [3.63, 3.8) is 0 Å². The molecule has 0 radical (unpaired) electrons. The molecule has 0 heterocycles. The molecule has 0 aliphatic carbocycles. The van der Waals surface area contributed by atoms with Crippen LogP contribution >= 0.6 is 11.6 Å². The number of alkyl halides is 1. The van der Waals surface area contributed by atoms with E-state index in [0.29, 0.717) is 22.4 Å². The van der Waals surface area contributed by atoms with Crippen LogP contribution in [0.1, 0.15) is 18.4 Å². The molecule has 2 aromatic rings. The Kier molecular flexibility index (Phi) is 5.34. The summed E-state index contributed by atoms with van der Waals surface area (Å²) in [6.45, 7) is 1.51. The number of carbonyl (C=O) groups is 2. The molecule has 0 bridgehead atoms. The maximum absolute atomic E-state index is 14.2. The molecule has 120 valence electrons. The molecule has 1 amide bonds. The van der Waals surface area contributed by atoms with Crippen molar-refractivity contribution in [2.45, 2.75) is 12.8 Å². The number of nitrogens with one attached hydrogen (secondary N) is 1. The zero-order chi connectivity index (χ0) is 17.0. The van der Waals surface area contributed by atoms with Gasteiger partial charge in [-0.05, 0) is 36.2 Å². The van der Waals surface area contributed by atoms with Gasteiger partial charge in [-0.1, -0.05) is 24.3 Å². The third-order valence-corrected chi connectivity index (χ3v) is 3.71. The van der Waals surface area contributed by atoms with E-state index in [1.165, 1.54) is 13.0 Å². The smallest absolute Gasteiger partial charge is 0.310 e. The molecule has 0 aromatic heterocycles. The second-order valence-electron chi connectivity index (χ2n) is 5.06. The molecule has 0 fully saturated rings. The number of aliphatic carboxylic acids is 1. The zero-order valence-corrected chi connectivity index (χ0v) is 13.1. The first-order valence-electron chi connectivity index (χ1n) is 6.91. The van der Waals surface area contributed by atoms with Crippen LogP contribution in [0.5, 0.6) is 0 Å². The quantitative estimate of drug-likeness (QED) is 0.815. The Morgan fingerprint density at radius 2 is 1.87 bits per heavy atom. The second-order valence-corrected chi connectivity index (χ2v) is 5.33. The molecule has 2 N–H and O–H groups in total. The van der Waals surface area contributed by atoms with Crippen molar-refractivity contribution in [1.29, 1.82) is 0 Å². The van der Waals surface area contributed by atoms with Crippen LogP contribution in [0.25, 0.3) is 11.1 Å². The first kappa shape index (κ1) is 17.0. The molecule has 2 rings (SSSR count). The molecule has 1 unspecified atom stereocenters. The van der Waals surface area contributed by atoms with Gasteiger partial charge in [-0.3, -0.25) is 9.59 Å². The molecule has 0 aliphatic heterocycles. The van der Waals surface area contributed by atoms with E-state index in [1.807, 2.05) is 0 Å². The number of anilines is 1. The van der Waals surface area contributed by atoms with Crippen LogP contribution in [-0.4, -0.2) is 22.9 Å². The minimum Gasteiger partial charge on any atom is -0.481 e. The summed E-state index contributed by atoms with van der Waals surface area (Å²) in [7, 11) is 0. The van der Waals surface area contributed by atoms with Crippen molar-refractivity contribution in [3.8, 4) is 11.1 Å². The number of benzene rings is 2. The van der Waals surface area contributed by atoms with Crippen molar-refractivity contribution in [3.05, 3.63) is 53.8 Å². The van der Waals surface area contributed by atoms with Crippen LogP contribution in [0.15, 0.2) is 42.5 Å². The summed E-state index contributed by atoms with van der Waals surface area (Å²) in [6.07, 6.45) is 0. The van der Waals surface area contributed by atoms with Gasteiger partial charge >= 0.3 is 5.97 Å². The highest BCUT2D eigenvalue weighted by molar-refractivity contribution is 6.29. The van der Waals surface area contributed by atoms with Gasteiger partial charge in [-0.25, -0.2) is 4.39 Å². The predicted octanol–water partition coefficient (Wildman–Crippen LogP) is 3.86. The number of carbonyl (C=O) groups excluding carboxylic acids is 1. The average Bonchev–Trinajstić information content (AvgIpc) is 2.54. The van der Waals surface area contributed by atoms with Crippen LogP contribution in [0, 0.1) is 5.82 Å². The summed E-state index contributed by atoms with van der Waals surface area (Å²) in [5.74, 6) is -2.73. The Labute approximate surface area is 137 Å². The van der Waals surface area contributed by atoms with Crippen LogP contribution in [0.2, 0.25) is 0 Å². The number of hydrogen-bond acceptors (Lipinski definition) is 2. The highest BCUT2D eigenvalue weighted by atomic mass is 35.5. The zero-order valence-electron chi connectivity index (χ0n) is 12.3. The van der Waals surface area contributed by atoms with Crippen molar-refractivity contribution in [2.75, 3.05) is 11.2 Å². The lowest BCUT2D eigenvalue weighted by molar-refractivity contribution is -0.138. The molecule has 0 spiro atoms. The Bertz CT molecular complexity index is 731. The van der Waals surface area contributed by atoms with Crippen molar-refractivity contribution >= 4 is 29.2 Å². The monoisotopic (exact) mass is 335 g/mol. The second kappa shape index (κ2) is 7.24. The molecule has 23 heavy (non-hydrogen) atoms. The lowest BCUT2D eigenvalue weighted by Crippen LogP contribution is -2.12. The molecule has 0 saturated heterocycles. The molecule has 0 saturated carbocycles. The minimum absolute atomic E-state index is 0.139. The minimum atomic E-state index is -1.00. The SMILES string of the molecule is CC(C(=O)O)c1ccc(-c2ccc(NC(=O)CCl)cc2)c(F)c1. The summed E-state index contributed by atoms with van der Waals surface area (Å²) in [4.78, 5) is 22.1. The number of rotatable bonds is 5. The van der Waals surface area contributed by atoms with E-state index in [0.717, 1.165) is 0 Å². The fourth-order valence-electron chi connectivity index (χ4n) is 2.10. The van der Waals surface area contributed by atoms with Gasteiger partial charge < -0.3 is 10.4 Å². The topological polar surface area (TPSA) is 66.4 Å². The van der Waals surface area contributed by atoms with E-state index in [4.69, 9.17) is 16.7 Å². The summed E-state index contributed by atoms with van der Waals surface area (Å²) in [5, 5.41) is 11.6. The first-order chi connectivity index (χ1) is 10.9. The summed E-state index contributed by atoms with van der Waals surface area (Å²) < 4.78 is 14.2. The lowest BCUT2D eigenvalue weighted by atomic mass is 9.97. The van der Waals surface area contributed by atoms with Crippen LogP contribution in [0.4, 0.5) is 10.1 Å². The average molecular weight is 336 g/mol. The largest absolute Gasteiger partial charge is 0.481 e. The standard InChI is InChI=1S/C17H15ClFNO3/c1-10(17(22)23)12-4-7-14(15(19)8-12)11-2-5-13(6-3-11)20-16(21)9-18/h2-8,10H,9H2,1H3,(H,20,21)(H,22,23). The third kappa shape index (κ3) is 4.07. The maximum Gasteiger partial charge on any atom is 0.310 e. The Balaban J connectivity index is 2.25. The molecule has 2 aromatic carbocycles. The molecular weight excluding hydrogens is 321 g/mol. The fraction of sp³-hybridized carbons (Fsp3) is 0.176. The Morgan fingerprint density at radius 3 is 2.39 bits per heavy atom. The van der Waals surface area contributed by atoms with Gasteiger partial charge in [0.05, 0.1) is 5.92 Å². The van der Waals surface area contributed by atoms with Crippen LogP contribution in [-0.2, 0) is 9.59 Å². The van der Waals surface area contributed by atoms with Crippen LogP contribution < -0.4 is 5.32 Å². The van der Waals surface area contributed by atoms with Crippen molar-refractivity contribution < 1.29 is 19.1 Å². The molecular formula is C17H15ClFNO3. The van der Waals surface area contributed by atoms with E-state index in [1.54, 1.807) is 36.4 Å². The van der Waals surface area contributed by atoms with E-state index < -0.39 is 17.7 Å². The van der Waals surface area contributed by atoms with Gasteiger partial charge in [0.15, 0.2) is 0 Å². The number of amides is 1. The molecule has 1 atom stereocenters. The molecule has 0 aliphatic rings. The van der Waals surface area contributed by atoms with Gasteiger partial charge in [0.2, 0.25) is 5.91 Å². The number of carboxylic acids is 1. The highest BCUT2D eigenvalue weighted by Gasteiger charge is 2.16. The Hall–Kier alpha value is -2.40. The molecule has 6 heteroatoms. The van der Waals surface area contributed by atoms with Gasteiger partial charge in [-0.15, -0.1) is 11.6 Å². The van der Waals surface area contributed by atoms with Crippen LogP contribution in [0.3, 0.4) is 0 Å².